The number of fused-ring (bicyclic) bond motifs is 1. The molecule has 1 aliphatic carbocycles. The topological polar surface area (TPSA) is 111 Å². The molecule has 2 fully saturated rings. The van der Waals surface area contributed by atoms with Crippen LogP contribution in [0.1, 0.15) is 74.0 Å². The van der Waals surface area contributed by atoms with Crippen molar-refractivity contribution >= 4 is 10.9 Å². The Morgan fingerprint density at radius 3 is 2.82 bits per heavy atom. The number of aromatic amines is 1. The minimum Gasteiger partial charge on any atom is -0.497 e. The Hall–Kier alpha value is -3.63. The van der Waals surface area contributed by atoms with Crippen LogP contribution in [0, 0.1) is 0 Å². The number of H-pyrrole nitrogens is 1. The lowest BCUT2D eigenvalue weighted by Gasteiger charge is -2.34. The molecule has 2 atom stereocenters. The van der Waals surface area contributed by atoms with Gasteiger partial charge in [0.1, 0.15) is 11.8 Å². The smallest absolute Gasteiger partial charge is 0.253 e. The predicted octanol–water partition coefficient (Wildman–Crippen LogP) is 4.19. The molecule has 4 heterocycles. The fourth-order valence-electron chi connectivity index (χ4n) is 6.03. The van der Waals surface area contributed by atoms with Crippen molar-refractivity contribution < 1.29 is 9.47 Å². The molecular weight excluding hydrogens is 494 g/mol. The van der Waals surface area contributed by atoms with Crippen LogP contribution in [0.15, 0.2) is 53.6 Å². The lowest BCUT2D eigenvalue weighted by molar-refractivity contribution is 0.0567. The zero-order valence-corrected chi connectivity index (χ0v) is 22.3. The van der Waals surface area contributed by atoms with Gasteiger partial charge in [-0.05, 0) is 72.0 Å². The Morgan fingerprint density at radius 2 is 2.05 bits per heavy atom. The van der Waals surface area contributed by atoms with E-state index in [0.29, 0.717) is 24.5 Å². The predicted molar refractivity (Wildman–Crippen MR) is 147 cm³/mol. The summed E-state index contributed by atoms with van der Waals surface area (Å²) < 4.78 is 13.5. The summed E-state index contributed by atoms with van der Waals surface area (Å²) in [6.45, 7) is 1.98. The zero-order valence-electron chi connectivity index (χ0n) is 22.3. The van der Waals surface area contributed by atoms with Crippen molar-refractivity contribution in [2.24, 2.45) is 0 Å². The second kappa shape index (κ2) is 11.6. The second-order valence-electron chi connectivity index (χ2n) is 10.6. The van der Waals surface area contributed by atoms with Gasteiger partial charge in [-0.1, -0.05) is 25.3 Å². The molecule has 204 valence electrons. The van der Waals surface area contributed by atoms with Crippen LogP contribution < -0.4 is 10.3 Å². The monoisotopic (exact) mass is 529 g/mol. The summed E-state index contributed by atoms with van der Waals surface area (Å²) in [6.07, 6.45) is 11.3. The molecule has 0 bridgehead atoms. The Morgan fingerprint density at radius 1 is 1.15 bits per heavy atom. The molecule has 0 spiro atoms. The number of methoxy groups -OCH3 is 1. The van der Waals surface area contributed by atoms with Gasteiger partial charge in [0.05, 0.1) is 19.3 Å². The Labute approximate surface area is 227 Å². The Bertz CT molecular complexity index is 1440. The molecule has 4 aromatic rings. The SMILES string of the molecule is COc1ccc2[nH]c(=O)c([C@H](c3nnnn3C3CCCCC3)N(Cc3cccnc3)C[C@H]3CCCO3)cc2c1. The van der Waals surface area contributed by atoms with Crippen molar-refractivity contribution in [1.82, 2.24) is 35.1 Å². The Kier molecular flexibility index (Phi) is 7.64. The molecule has 39 heavy (non-hydrogen) atoms. The maximum atomic E-state index is 13.8. The molecule has 1 aliphatic heterocycles. The number of nitrogens with one attached hydrogen (secondary N) is 1. The van der Waals surface area contributed by atoms with E-state index >= 15 is 0 Å². The van der Waals surface area contributed by atoms with Crippen LogP contribution in [-0.2, 0) is 11.3 Å². The number of aromatic nitrogens is 6. The lowest BCUT2D eigenvalue weighted by atomic mass is 9.95. The first kappa shape index (κ1) is 25.6. The third kappa shape index (κ3) is 5.58. The van der Waals surface area contributed by atoms with E-state index in [2.05, 4.69) is 36.5 Å². The highest BCUT2D eigenvalue weighted by Crippen LogP contribution is 2.34. The van der Waals surface area contributed by atoms with Gasteiger partial charge in [-0.15, -0.1) is 5.10 Å². The standard InChI is InChI=1S/C29H35N7O3/c1-38-23-11-12-26-21(15-23)16-25(29(37)31-26)27(28-32-33-34-36(28)22-8-3-2-4-9-22)35(19-24-10-6-14-39-24)18-20-7-5-13-30-17-20/h5,7,11-13,15-17,22,24,27H,2-4,6,8-10,14,18-19H2,1H3,(H,31,37)/t24-,27-/m1/s1. The van der Waals surface area contributed by atoms with Crippen molar-refractivity contribution in [3.63, 3.8) is 0 Å². The molecule has 10 nitrogen and oxygen atoms in total. The molecule has 0 unspecified atom stereocenters. The molecule has 6 rings (SSSR count). The molecular formula is C29H35N7O3. The van der Waals surface area contributed by atoms with E-state index in [1.54, 1.807) is 13.3 Å². The van der Waals surface area contributed by atoms with Crippen molar-refractivity contribution in [2.75, 3.05) is 20.3 Å². The van der Waals surface area contributed by atoms with Gasteiger partial charge in [0.15, 0.2) is 5.82 Å². The fourth-order valence-corrected chi connectivity index (χ4v) is 6.03. The van der Waals surface area contributed by atoms with E-state index < -0.39 is 6.04 Å². The number of hydrogen-bond acceptors (Lipinski definition) is 8. The molecule has 3 aromatic heterocycles. The van der Waals surface area contributed by atoms with Crippen LogP contribution >= 0.6 is 0 Å². The number of pyridine rings is 2. The maximum Gasteiger partial charge on any atom is 0.253 e. The van der Waals surface area contributed by atoms with Gasteiger partial charge in [-0.25, -0.2) is 4.68 Å². The summed E-state index contributed by atoms with van der Waals surface area (Å²) in [5.74, 6) is 1.42. The molecule has 1 saturated heterocycles. The van der Waals surface area contributed by atoms with Crippen LogP contribution in [0.4, 0.5) is 0 Å². The van der Waals surface area contributed by atoms with Crippen molar-refractivity contribution in [2.45, 2.75) is 69.7 Å². The van der Waals surface area contributed by atoms with Gasteiger partial charge in [-0.2, -0.15) is 0 Å². The summed E-state index contributed by atoms with van der Waals surface area (Å²) in [5, 5.41) is 14.1. The molecule has 1 aromatic carbocycles. The fraction of sp³-hybridized carbons (Fsp3) is 0.483. The van der Waals surface area contributed by atoms with Crippen LogP contribution in [-0.4, -0.2) is 61.4 Å². The van der Waals surface area contributed by atoms with Crippen molar-refractivity contribution in [3.05, 3.63) is 76.1 Å². The third-order valence-corrected chi connectivity index (χ3v) is 7.99. The lowest BCUT2D eigenvalue weighted by Crippen LogP contribution is -2.39. The second-order valence-corrected chi connectivity index (χ2v) is 10.6. The van der Waals surface area contributed by atoms with E-state index in [4.69, 9.17) is 9.47 Å². The van der Waals surface area contributed by atoms with Gasteiger partial charge in [0.25, 0.3) is 5.56 Å². The first-order chi connectivity index (χ1) is 19.2. The van der Waals surface area contributed by atoms with Crippen LogP contribution in [0.5, 0.6) is 5.75 Å². The largest absolute Gasteiger partial charge is 0.497 e. The number of tetrazole rings is 1. The summed E-state index contributed by atoms with van der Waals surface area (Å²) in [5.41, 5.74) is 2.26. The molecule has 10 heteroatoms. The van der Waals surface area contributed by atoms with Crippen LogP contribution in [0.2, 0.25) is 0 Å². The molecule has 1 saturated carbocycles. The number of ether oxygens (including phenoxy) is 2. The summed E-state index contributed by atoms with van der Waals surface area (Å²) in [7, 11) is 1.64. The average molecular weight is 530 g/mol. The zero-order chi connectivity index (χ0) is 26.6. The van der Waals surface area contributed by atoms with E-state index in [9.17, 15) is 4.79 Å². The van der Waals surface area contributed by atoms with Crippen LogP contribution in [0.3, 0.4) is 0 Å². The molecule has 0 amide bonds. The van der Waals surface area contributed by atoms with Gasteiger partial charge in [0, 0.05) is 48.6 Å². The van der Waals surface area contributed by atoms with Gasteiger partial charge in [-0.3, -0.25) is 14.7 Å². The number of nitrogens with zero attached hydrogens (tertiary/aromatic N) is 6. The van der Waals surface area contributed by atoms with Gasteiger partial charge >= 0.3 is 0 Å². The number of rotatable bonds is 9. The van der Waals surface area contributed by atoms with Crippen molar-refractivity contribution in [1.29, 1.82) is 0 Å². The van der Waals surface area contributed by atoms with Crippen molar-refractivity contribution in [3.8, 4) is 5.75 Å². The third-order valence-electron chi connectivity index (χ3n) is 7.99. The summed E-state index contributed by atoms with van der Waals surface area (Å²) >= 11 is 0. The molecule has 1 N–H and O–H groups in total. The minimum atomic E-state index is -0.481. The van der Waals surface area contributed by atoms with Gasteiger partial charge in [0.2, 0.25) is 0 Å². The Balaban J connectivity index is 1.50. The van der Waals surface area contributed by atoms with Crippen LogP contribution in [0.25, 0.3) is 10.9 Å². The average Bonchev–Trinajstić information content (AvgIpc) is 3.67. The maximum absolute atomic E-state index is 13.8. The van der Waals surface area contributed by atoms with E-state index in [1.807, 2.05) is 41.2 Å². The first-order valence-corrected chi connectivity index (χ1v) is 13.9. The van der Waals surface area contributed by atoms with E-state index in [-0.39, 0.29) is 17.7 Å². The summed E-state index contributed by atoms with van der Waals surface area (Å²) in [4.78, 5) is 23.5. The quantitative estimate of drug-likeness (QED) is 0.344. The minimum absolute atomic E-state index is 0.0721. The summed E-state index contributed by atoms with van der Waals surface area (Å²) in [6, 6.07) is 11.4. The molecule has 2 aliphatic rings. The van der Waals surface area contributed by atoms with E-state index in [0.717, 1.165) is 67.3 Å². The highest BCUT2D eigenvalue weighted by molar-refractivity contribution is 5.80. The number of hydrogen-bond donors (Lipinski definition) is 1. The normalized spacial score (nSPS) is 19.1. The first-order valence-electron chi connectivity index (χ1n) is 13.9. The van der Waals surface area contributed by atoms with E-state index in [1.165, 1.54) is 6.42 Å². The molecule has 0 radical (unpaired) electrons. The number of benzene rings is 1. The van der Waals surface area contributed by atoms with Gasteiger partial charge < -0.3 is 14.5 Å². The highest BCUT2D eigenvalue weighted by atomic mass is 16.5. The highest BCUT2D eigenvalue weighted by Gasteiger charge is 2.35.